The predicted molar refractivity (Wildman–Crippen MR) is 113 cm³/mol. The highest BCUT2D eigenvalue weighted by molar-refractivity contribution is 7.22. The molecular weight excluding hydrogens is 394 g/mol. The molecule has 8 heteroatoms. The van der Waals surface area contributed by atoms with Gasteiger partial charge in [0.2, 0.25) is 5.91 Å². The first-order valence-corrected chi connectivity index (χ1v) is 10.9. The number of carbonyl (C=O) groups excluding carboxylic acids is 2. The number of thiazole rings is 1. The van der Waals surface area contributed by atoms with E-state index < -0.39 is 0 Å². The topological polar surface area (TPSA) is 71.5 Å². The second-order valence-corrected chi connectivity index (χ2v) is 8.77. The number of hydrogen-bond donors (Lipinski definition) is 1. The summed E-state index contributed by atoms with van der Waals surface area (Å²) in [7, 11) is 1.40. The molecule has 0 saturated carbocycles. The Morgan fingerprint density at radius 2 is 2.11 bits per heavy atom. The summed E-state index contributed by atoms with van der Waals surface area (Å²) in [4.78, 5) is 31.8. The van der Waals surface area contributed by atoms with E-state index in [0.717, 1.165) is 43.5 Å². The van der Waals surface area contributed by atoms with Crippen LogP contribution >= 0.6 is 22.7 Å². The Morgan fingerprint density at radius 3 is 2.86 bits per heavy atom. The number of nitrogens with zero attached hydrogens (tertiary/aromatic N) is 2. The molecule has 3 heterocycles. The third kappa shape index (κ3) is 3.49. The largest absolute Gasteiger partial charge is 0.453 e. The number of ether oxygens (including phenoxy) is 1. The lowest BCUT2D eigenvalue weighted by Gasteiger charge is -2.25. The van der Waals surface area contributed by atoms with Crippen LogP contribution in [0.5, 0.6) is 0 Å². The van der Waals surface area contributed by atoms with Crippen LogP contribution in [-0.4, -0.2) is 35.5 Å². The van der Waals surface area contributed by atoms with Crippen molar-refractivity contribution in [2.24, 2.45) is 0 Å². The number of methoxy groups -OCH3 is 1. The van der Waals surface area contributed by atoms with Crippen molar-refractivity contribution in [1.82, 2.24) is 9.88 Å². The molecule has 1 aromatic carbocycles. The molecule has 0 fully saturated rings. The molecule has 2 aromatic heterocycles. The summed E-state index contributed by atoms with van der Waals surface area (Å²) in [5, 5.41) is 4.82. The maximum absolute atomic E-state index is 12.3. The lowest BCUT2D eigenvalue weighted by molar-refractivity contribution is -0.116. The monoisotopic (exact) mass is 415 g/mol. The first kappa shape index (κ1) is 18.9. The van der Waals surface area contributed by atoms with Crippen LogP contribution in [-0.2, 0) is 22.5 Å². The molecule has 28 heavy (non-hydrogen) atoms. The summed E-state index contributed by atoms with van der Waals surface area (Å²) >= 11 is 3.17. The van der Waals surface area contributed by atoms with Crippen LogP contribution in [0, 0.1) is 0 Å². The van der Waals surface area contributed by atoms with Gasteiger partial charge in [0, 0.05) is 23.4 Å². The van der Waals surface area contributed by atoms with E-state index in [0.29, 0.717) is 19.5 Å². The Kier molecular flexibility index (Phi) is 5.32. The van der Waals surface area contributed by atoms with Gasteiger partial charge in [-0.3, -0.25) is 4.79 Å². The first-order chi connectivity index (χ1) is 13.6. The molecule has 0 aliphatic carbocycles. The molecule has 146 valence electrons. The zero-order chi connectivity index (χ0) is 19.7. The number of benzene rings is 1. The normalized spacial score (nSPS) is 13.4. The fourth-order valence-corrected chi connectivity index (χ4v) is 5.79. The second kappa shape index (κ2) is 7.89. The quantitative estimate of drug-likeness (QED) is 0.659. The van der Waals surface area contributed by atoms with E-state index in [1.54, 1.807) is 16.2 Å². The Hall–Kier alpha value is -2.45. The number of nitrogens with one attached hydrogen (secondary N) is 1. The maximum atomic E-state index is 12.3. The van der Waals surface area contributed by atoms with Crippen molar-refractivity contribution in [2.75, 3.05) is 19.0 Å². The van der Waals surface area contributed by atoms with E-state index in [1.807, 2.05) is 25.1 Å². The highest BCUT2D eigenvalue weighted by Gasteiger charge is 2.29. The molecule has 0 radical (unpaired) electrons. The van der Waals surface area contributed by atoms with E-state index in [-0.39, 0.29) is 12.0 Å². The third-order valence-electron chi connectivity index (χ3n) is 4.73. The number of carbonyl (C=O) groups is 2. The number of rotatable bonds is 4. The van der Waals surface area contributed by atoms with E-state index in [2.05, 4.69) is 11.4 Å². The van der Waals surface area contributed by atoms with Gasteiger partial charge in [0.05, 0.1) is 23.9 Å². The highest BCUT2D eigenvalue weighted by Crippen LogP contribution is 2.45. The van der Waals surface area contributed by atoms with Crippen molar-refractivity contribution in [3.8, 4) is 10.6 Å². The van der Waals surface area contributed by atoms with Crippen LogP contribution in [0.15, 0.2) is 24.3 Å². The summed E-state index contributed by atoms with van der Waals surface area (Å²) in [5.74, 6) is 0.00767. The standard InChI is InChI=1S/C20H21N3O3S2/c1-3-6-16(24)22-19-17(18-21-13-7-4-5-8-14(13)27-18)12-9-10-23(20(25)26-2)11-15(12)28-19/h4-5,7-8H,3,6,9-11H2,1-2H3,(H,22,24). The number of amides is 2. The smallest absolute Gasteiger partial charge is 0.409 e. The summed E-state index contributed by atoms with van der Waals surface area (Å²) in [6.45, 7) is 3.08. The average molecular weight is 416 g/mol. The molecule has 0 bridgehead atoms. The lowest BCUT2D eigenvalue weighted by Crippen LogP contribution is -2.35. The maximum Gasteiger partial charge on any atom is 0.409 e. The van der Waals surface area contributed by atoms with Crippen LogP contribution < -0.4 is 5.32 Å². The molecule has 2 amide bonds. The summed E-state index contributed by atoms with van der Waals surface area (Å²) in [5.41, 5.74) is 3.14. The molecule has 6 nitrogen and oxygen atoms in total. The van der Waals surface area contributed by atoms with Gasteiger partial charge in [-0.2, -0.15) is 0 Å². The van der Waals surface area contributed by atoms with Gasteiger partial charge in [0.15, 0.2) is 0 Å². The van der Waals surface area contributed by atoms with Crippen LogP contribution in [0.1, 0.15) is 30.2 Å². The molecule has 0 saturated heterocycles. The van der Waals surface area contributed by atoms with Gasteiger partial charge in [-0.1, -0.05) is 19.1 Å². The van der Waals surface area contributed by atoms with Gasteiger partial charge in [0.25, 0.3) is 0 Å². The van der Waals surface area contributed by atoms with Crippen molar-refractivity contribution in [3.05, 3.63) is 34.7 Å². The Labute approximate surface area is 171 Å². The van der Waals surface area contributed by atoms with Crippen molar-refractivity contribution in [2.45, 2.75) is 32.7 Å². The highest BCUT2D eigenvalue weighted by atomic mass is 32.1. The minimum atomic E-state index is -0.322. The van der Waals surface area contributed by atoms with Crippen molar-refractivity contribution < 1.29 is 14.3 Å². The van der Waals surface area contributed by atoms with Crippen LogP contribution in [0.4, 0.5) is 9.80 Å². The SMILES string of the molecule is CCCC(=O)Nc1sc2c(c1-c1nc3ccccc3s1)CCN(C(=O)OC)C2. The predicted octanol–water partition coefficient (Wildman–Crippen LogP) is 4.89. The number of thiophene rings is 1. The van der Waals surface area contributed by atoms with Crippen LogP contribution in [0.3, 0.4) is 0 Å². The molecular formula is C20H21N3O3S2. The summed E-state index contributed by atoms with van der Waals surface area (Å²) in [6.07, 6.45) is 1.67. The van der Waals surface area contributed by atoms with E-state index >= 15 is 0 Å². The number of aromatic nitrogens is 1. The molecule has 1 N–H and O–H groups in total. The number of fused-ring (bicyclic) bond motifs is 2. The van der Waals surface area contributed by atoms with Crippen molar-refractivity contribution >= 4 is 49.9 Å². The molecule has 1 aliphatic heterocycles. The van der Waals surface area contributed by atoms with Crippen LogP contribution in [0.25, 0.3) is 20.8 Å². The minimum absolute atomic E-state index is 0.00767. The molecule has 4 rings (SSSR count). The Balaban J connectivity index is 1.78. The number of anilines is 1. The van der Waals surface area contributed by atoms with Crippen molar-refractivity contribution in [1.29, 1.82) is 0 Å². The van der Waals surface area contributed by atoms with Gasteiger partial charge >= 0.3 is 6.09 Å². The zero-order valence-electron chi connectivity index (χ0n) is 15.8. The van der Waals surface area contributed by atoms with E-state index in [4.69, 9.17) is 9.72 Å². The number of para-hydroxylation sites is 1. The summed E-state index contributed by atoms with van der Waals surface area (Å²) < 4.78 is 6.00. The van der Waals surface area contributed by atoms with Gasteiger partial charge in [-0.15, -0.1) is 22.7 Å². The van der Waals surface area contributed by atoms with Gasteiger partial charge < -0.3 is 15.0 Å². The van der Waals surface area contributed by atoms with Crippen molar-refractivity contribution in [3.63, 3.8) is 0 Å². The molecule has 3 aromatic rings. The van der Waals surface area contributed by atoms with E-state index in [1.165, 1.54) is 24.0 Å². The van der Waals surface area contributed by atoms with Gasteiger partial charge in [-0.05, 0) is 30.5 Å². The molecule has 0 atom stereocenters. The minimum Gasteiger partial charge on any atom is -0.453 e. The lowest BCUT2D eigenvalue weighted by atomic mass is 10.0. The van der Waals surface area contributed by atoms with Gasteiger partial charge in [-0.25, -0.2) is 9.78 Å². The molecule has 0 unspecified atom stereocenters. The zero-order valence-corrected chi connectivity index (χ0v) is 17.4. The summed E-state index contributed by atoms with van der Waals surface area (Å²) in [6, 6.07) is 8.05. The second-order valence-electron chi connectivity index (χ2n) is 6.63. The molecule has 1 aliphatic rings. The average Bonchev–Trinajstić information content (AvgIpc) is 3.27. The molecule has 0 spiro atoms. The van der Waals surface area contributed by atoms with E-state index in [9.17, 15) is 9.59 Å². The first-order valence-electron chi connectivity index (χ1n) is 9.24. The third-order valence-corrected chi connectivity index (χ3v) is 6.91. The van der Waals surface area contributed by atoms with Crippen LogP contribution in [0.2, 0.25) is 0 Å². The fraction of sp³-hybridized carbons (Fsp3) is 0.350. The van der Waals surface area contributed by atoms with Gasteiger partial charge in [0.1, 0.15) is 10.0 Å². The Bertz CT molecular complexity index is 1010. The fourth-order valence-electron chi connectivity index (χ4n) is 3.40. The number of hydrogen-bond acceptors (Lipinski definition) is 6. The Morgan fingerprint density at radius 1 is 1.29 bits per heavy atom.